The lowest BCUT2D eigenvalue weighted by atomic mass is 9.92. The van der Waals surface area contributed by atoms with Gasteiger partial charge in [0.15, 0.2) is 11.6 Å². The maximum Gasteiger partial charge on any atom is 0.159 e. The number of aromatic nitrogens is 2. The van der Waals surface area contributed by atoms with Crippen LogP contribution in [0.2, 0.25) is 0 Å². The molecule has 20 heavy (non-hydrogen) atoms. The fraction of sp³-hybridized carbons (Fsp3) is 0.125. The Morgan fingerprint density at radius 3 is 2.50 bits per heavy atom. The fourth-order valence-corrected chi connectivity index (χ4v) is 2.25. The largest absolute Gasteiger partial charge is 0.244 e. The van der Waals surface area contributed by atoms with Crippen LogP contribution in [0, 0.1) is 11.6 Å². The molecule has 0 aliphatic rings. The first-order valence-electron chi connectivity index (χ1n) is 6.30. The zero-order valence-corrected chi connectivity index (χ0v) is 10.8. The Morgan fingerprint density at radius 2 is 1.70 bits per heavy atom. The van der Waals surface area contributed by atoms with Crippen molar-refractivity contribution in [3.05, 3.63) is 71.7 Å². The van der Waals surface area contributed by atoms with Gasteiger partial charge in [0.1, 0.15) is 6.33 Å². The van der Waals surface area contributed by atoms with Crippen LogP contribution >= 0.6 is 0 Å². The molecule has 0 fully saturated rings. The summed E-state index contributed by atoms with van der Waals surface area (Å²) in [5.74, 6) is -1.68. The molecule has 4 heteroatoms. The number of benzene rings is 2. The summed E-state index contributed by atoms with van der Waals surface area (Å²) in [5, 5.41) is 0.930. The van der Waals surface area contributed by atoms with Gasteiger partial charge in [-0.25, -0.2) is 18.7 Å². The highest BCUT2D eigenvalue weighted by atomic mass is 19.2. The normalized spacial score (nSPS) is 12.6. The maximum absolute atomic E-state index is 13.3. The molecule has 2 aromatic carbocycles. The minimum absolute atomic E-state index is 0.0327. The molecule has 1 atom stereocenters. The molecular formula is C16H12F2N2. The molecule has 0 aliphatic carbocycles. The van der Waals surface area contributed by atoms with Crippen LogP contribution in [-0.4, -0.2) is 9.97 Å². The van der Waals surface area contributed by atoms with Crippen LogP contribution in [0.4, 0.5) is 8.78 Å². The average Bonchev–Trinajstić information content (AvgIpc) is 2.49. The predicted molar refractivity (Wildman–Crippen MR) is 73.4 cm³/mol. The Labute approximate surface area is 115 Å². The summed E-state index contributed by atoms with van der Waals surface area (Å²) in [5.41, 5.74) is 2.61. The third-order valence-electron chi connectivity index (χ3n) is 3.47. The van der Waals surface area contributed by atoms with E-state index in [1.165, 1.54) is 12.4 Å². The number of nitrogens with zero attached hydrogens (tertiary/aromatic N) is 2. The third kappa shape index (κ3) is 2.25. The number of fused-ring (bicyclic) bond motifs is 1. The van der Waals surface area contributed by atoms with Crippen molar-refractivity contribution in [2.24, 2.45) is 0 Å². The van der Waals surface area contributed by atoms with Gasteiger partial charge in [0.05, 0.1) is 5.52 Å². The average molecular weight is 270 g/mol. The zero-order chi connectivity index (χ0) is 14.1. The van der Waals surface area contributed by atoms with Crippen LogP contribution in [0.5, 0.6) is 0 Å². The lowest BCUT2D eigenvalue weighted by molar-refractivity contribution is 0.506. The minimum atomic E-state index is -0.826. The first-order valence-corrected chi connectivity index (χ1v) is 6.30. The first kappa shape index (κ1) is 12.7. The zero-order valence-electron chi connectivity index (χ0n) is 10.8. The molecule has 0 unspecified atom stereocenters. The predicted octanol–water partition coefficient (Wildman–Crippen LogP) is 4.06. The molecule has 0 spiro atoms. The third-order valence-corrected chi connectivity index (χ3v) is 3.47. The van der Waals surface area contributed by atoms with E-state index >= 15 is 0 Å². The second-order valence-electron chi connectivity index (χ2n) is 4.74. The topological polar surface area (TPSA) is 25.8 Å². The van der Waals surface area contributed by atoms with Gasteiger partial charge in [-0.2, -0.15) is 0 Å². The van der Waals surface area contributed by atoms with Gasteiger partial charge >= 0.3 is 0 Å². The summed E-state index contributed by atoms with van der Waals surface area (Å²) in [6, 6.07) is 9.83. The van der Waals surface area contributed by atoms with Crippen molar-refractivity contribution in [3.63, 3.8) is 0 Å². The second kappa shape index (κ2) is 4.96. The Balaban J connectivity index is 2.02. The van der Waals surface area contributed by atoms with Gasteiger partial charge in [-0.3, -0.25) is 0 Å². The molecule has 0 radical (unpaired) electrons. The lowest BCUT2D eigenvalue weighted by Gasteiger charge is -2.13. The molecule has 1 heterocycles. The maximum atomic E-state index is 13.3. The van der Waals surface area contributed by atoms with Crippen LogP contribution in [-0.2, 0) is 0 Å². The van der Waals surface area contributed by atoms with E-state index in [0.29, 0.717) is 0 Å². The van der Waals surface area contributed by atoms with Crippen LogP contribution in [0.1, 0.15) is 24.0 Å². The van der Waals surface area contributed by atoms with Gasteiger partial charge < -0.3 is 0 Å². The van der Waals surface area contributed by atoms with Gasteiger partial charge in [0, 0.05) is 17.5 Å². The standard InChI is InChI=1S/C16H12F2N2/c1-10(12-2-4-14(17)15(18)7-12)11-3-5-16-13(6-11)8-19-9-20-16/h2-10H,1H3/t10-/m1/s1. The Kier molecular flexibility index (Phi) is 3.14. The highest BCUT2D eigenvalue weighted by Gasteiger charge is 2.12. The van der Waals surface area contributed by atoms with Gasteiger partial charge in [0.25, 0.3) is 0 Å². The Morgan fingerprint density at radius 1 is 0.950 bits per heavy atom. The van der Waals surface area contributed by atoms with Crippen LogP contribution < -0.4 is 0 Å². The SMILES string of the molecule is C[C@@H](c1ccc(F)c(F)c1)c1ccc2ncncc2c1. The molecule has 3 rings (SSSR count). The van der Waals surface area contributed by atoms with Gasteiger partial charge in [-0.05, 0) is 35.4 Å². The highest BCUT2D eigenvalue weighted by molar-refractivity contribution is 5.78. The van der Waals surface area contributed by atoms with Gasteiger partial charge in [-0.1, -0.05) is 19.1 Å². The second-order valence-corrected chi connectivity index (χ2v) is 4.74. The van der Waals surface area contributed by atoms with Crippen molar-refractivity contribution < 1.29 is 8.78 Å². The molecule has 100 valence electrons. The van der Waals surface area contributed by atoms with E-state index in [1.54, 1.807) is 12.3 Å². The van der Waals surface area contributed by atoms with Gasteiger partial charge in [-0.15, -0.1) is 0 Å². The van der Waals surface area contributed by atoms with E-state index in [2.05, 4.69) is 9.97 Å². The van der Waals surface area contributed by atoms with Gasteiger partial charge in [0.2, 0.25) is 0 Å². The summed E-state index contributed by atoms with van der Waals surface area (Å²) in [4.78, 5) is 8.15. The van der Waals surface area contributed by atoms with Crippen molar-refractivity contribution in [2.45, 2.75) is 12.8 Å². The number of hydrogen-bond acceptors (Lipinski definition) is 2. The molecule has 0 saturated carbocycles. The van der Waals surface area contributed by atoms with E-state index in [4.69, 9.17) is 0 Å². The summed E-state index contributed by atoms with van der Waals surface area (Å²) in [6.07, 6.45) is 3.24. The van der Waals surface area contributed by atoms with E-state index in [-0.39, 0.29) is 5.92 Å². The number of halogens is 2. The molecule has 0 aliphatic heterocycles. The molecule has 2 nitrogen and oxygen atoms in total. The molecule has 0 saturated heterocycles. The summed E-state index contributed by atoms with van der Waals surface area (Å²) in [7, 11) is 0. The van der Waals surface area contributed by atoms with Crippen molar-refractivity contribution in [3.8, 4) is 0 Å². The van der Waals surface area contributed by atoms with Crippen molar-refractivity contribution >= 4 is 10.9 Å². The monoisotopic (exact) mass is 270 g/mol. The minimum Gasteiger partial charge on any atom is -0.244 e. The van der Waals surface area contributed by atoms with Crippen LogP contribution in [0.15, 0.2) is 48.9 Å². The highest BCUT2D eigenvalue weighted by Crippen LogP contribution is 2.27. The summed E-state index contributed by atoms with van der Waals surface area (Å²) >= 11 is 0. The van der Waals surface area contributed by atoms with Crippen LogP contribution in [0.25, 0.3) is 10.9 Å². The van der Waals surface area contributed by atoms with E-state index in [1.807, 2.05) is 25.1 Å². The van der Waals surface area contributed by atoms with Crippen LogP contribution in [0.3, 0.4) is 0 Å². The Bertz CT molecular complexity index is 771. The van der Waals surface area contributed by atoms with Crippen molar-refractivity contribution in [1.29, 1.82) is 0 Å². The van der Waals surface area contributed by atoms with E-state index in [9.17, 15) is 8.78 Å². The molecule has 0 amide bonds. The number of rotatable bonds is 2. The quantitative estimate of drug-likeness (QED) is 0.701. The van der Waals surface area contributed by atoms with E-state index in [0.717, 1.165) is 28.1 Å². The van der Waals surface area contributed by atoms with Crippen molar-refractivity contribution in [2.75, 3.05) is 0 Å². The smallest absolute Gasteiger partial charge is 0.159 e. The lowest BCUT2D eigenvalue weighted by Crippen LogP contribution is -1.98. The summed E-state index contributed by atoms with van der Waals surface area (Å²) < 4.78 is 26.3. The van der Waals surface area contributed by atoms with Crippen molar-refractivity contribution in [1.82, 2.24) is 9.97 Å². The molecule has 0 bridgehead atoms. The fourth-order valence-electron chi connectivity index (χ4n) is 2.25. The van der Waals surface area contributed by atoms with E-state index < -0.39 is 11.6 Å². The molecular weight excluding hydrogens is 258 g/mol. The summed E-state index contributed by atoms with van der Waals surface area (Å²) in [6.45, 7) is 1.96. The molecule has 1 aromatic heterocycles. The number of hydrogen-bond donors (Lipinski definition) is 0. The molecule has 0 N–H and O–H groups in total. The first-order chi connectivity index (χ1) is 9.65. The molecule has 3 aromatic rings. The Hall–Kier alpha value is -2.36.